The summed E-state index contributed by atoms with van der Waals surface area (Å²) in [5, 5.41) is 3.39. The SMILES string of the molecule is C1=CCCC(c2ccc(N3CCNCC3)cc2)=C1. The summed E-state index contributed by atoms with van der Waals surface area (Å²) in [6, 6.07) is 9.06. The van der Waals surface area contributed by atoms with E-state index in [1.807, 2.05) is 0 Å². The molecule has 1 aliphatic carbocycles. The van der Waals surface area contributed by atoms with Gasteiger partial charge in [-0.1, -0.05) is 30.4 Å². The Hall–Kier alpha value is -1.54. The van der Waals surface area contributed by atoms with Gasteiger partial charge in [-0.3, -0.25) is 0 Å². The van der Waals surface area contributed by atoms with Gasteiger partial charge in [-0.2, -0.15) is 0 Å². The Morgan fingerprint density at radius 2 is 1.78 bits per heavy atom. The minimum absolute atomic E-state index is 1.09. The zero-order chi connectivity index (χ0) is 12.2. The molecule has 2 heteroatoms. The summed E-state index contributed by atoms with van der Waals surface area (Å²) >= 11 is 0. The van der Waals surface area contributed by atoms with Crippen molar-refractivity contribution in [1.82, 2.24) is 5.32 Å². The van der Waals surface area contributed by atoms with E-state index >= 15 is 0 Å². The molecule has 2 aliphatic rings. The Morgan fingerprint density at radius 3 is 2.44 bits per heavy atom. The van der Waals surface area contributed by atoms with Crippen molar-refractivity contribution in [2.75, 3.05) is 31.1 Å². The molecule has 0 atom stereocenters. The molecular weight excluding hydrogens is 220 g/mol. The fourth-order valence-corrected chi connectivity index (χ4v) is 2.65. The number of benzene rings is 1. The van der Waals surface area contributed by atoms with Crippen LogP contribution >= 0.6 is 0 Å². The van der Waals surface area contributed by atoms with Gasteiger partial charge in [-0.25, -0.2) is 0 Å². The molecule has 0 radical (unpaired) electrons. The van der Waals surface area contributed by atoms with Crippen molar-refractivity contribution >= 4 is 11.3 Å². The van der Waals surface area contributed by atoms with Crippen LogP contribution in [0, 0.1) is 0 Å². The second-order valence-electron chi connectivity index (χ2n) is 4.94. The molecule has 0 spiro atoms. The van der Waals surface area contributed by atoms with E-state index in [4.69, 9.17) is 0 Å². The Morgan fingerprint density at radius 1 is 1.00 bits per heavy atom. The van der Waals surface area contributed by atoms with E-state index in [0.717, 1.165) is 26.2 Å². The van der Waals surface area contributed by atoms with Gasteiger partial charge >= 0.3 is 0 Å². The van der Waals surface area contributed by atoms with E-state index < -0.39 is 0 Å². The van der Waals surface area contributed by atoms with Crippen LogP contribution in [-0.4, -0.2) is 26.2 Å². The van der Waals surface area contributed by atoms with E-state index in [2.05, 4.69) is 52.7 Å². The Bertz CT molecular complexity index is 450. The molecule has 0 unspecified atom stereocenters. The predicted molar refractivity (Wildman–Crippen MR) is 77.9 cm³/mol. The molecule has 0 aromatic heterocycles. The van der Waals surface area contributed by atoms with Gasteiger partial charge < -0.3 is 10.2 Å². The molecule has 1 aromatic rings. The zero-order valence-corrected chi connectivity index (χ0v) is 10.7. The first kappa shape index (κ1) is 11.5. The van der Waals surface area contributed by atoms with Crippen LogP contribution in [0.2, 0.25) is 0 Å². The van der Waals surface area contributed by atoms with Crippen LogP contribution in [0.1, 0.15) is 18.4 Å². The molecule has 1 heterocycles. The maximum absolute atomic E-state index is 3.39. The minimum atomic E-state index is 1.09. The standard InChI is InChI=1S/C16H20N2/c1-2-4-14(5-3-1)15-6-8-16(9-7-15)18-12-10-17-11-13-18/h1-2,4,6-9,17H,3,5,10-13H2. The number of piperazine rings is 1. The van der Waals surface area contributed by atoms with Gasteiger partial charge in [0.05, 0.1) is 0 Å². The highest BCUT2D eigenvalue weighted by molar-refractivity contribution is 5.69. The molecule has 0 amide bonds. The highest BCUT2D eigenvalue weighted by atomic mass is 15.2. The number of nitrogens with zero attached hydrogens (tertiary/aromatic N) is 1. The molecule has 0 saturated carbocycles. The number of anilines is 1. The quantitative estimate of drug-likeness (QED) is 0.855. The van der Waals surface area contributed by atoms with Crippen LogP contribution in [0.3, 0.4) is 0 Å². The fraction of sp³-hybridized carbons (Fsp3) is 0.375. The third-order valence-corrected chi connectivity index (χ3v) is 3.73. The summed E-state index contributed by atoms with van der Waals surface area (Å²) in [6.07, 6.45) is 8.99. The van der Waals surface area contributed by atoms with E-state index in [1.54, 1.807) is 0 Å². The second-order valence-corrected chi connectivity index (χ2v) is 4.94. The molecule has 1 saturated heterocycles. The minimum Gasteiger partial charge on any atom is -0.369 e. The van der Waals surface area contributed by atoms with Crippen molar-refractivity contribution in [2.45, 2.75) is 12.8 Å². The van der Waals surface area contributed by atoms with Crippen LogP contribution in [0.15, 0.2) is 42.5 Å². The number of rotatable bonds is 2. The van der Waals surface area contributed by atoms with Crippen molar-refractivity contribution in [3.8, 4) is 0 Å². The number of hydrogen-bond donors (Lipinski definition) is 1. The molecule has 1 N–H and O–H groups in total. The molecule has 1 aliphatic heterocycles. The molecule has 1 aromatic carbocycles. The smallest absolute Gasteiger partial charge is 0.0367 e. The highest BCUT2D eigenvalue weighted by Crippen LogP contribution is 2.25. The van der Waals surface area contributed by atoms with Gasteiger partial charge in [0.25, 0.3) is 0 Å². The zero-order valence-electron chi connectivity index (χ0n) is 10.7. The van der Waals surface area contributed by atoms with Crippen molar-refractivity contribution in [3.63, 3.8) is 0 Å². The van der Waals surface area contributed by atoms with Crippen LogP contribution in [0.25, 0.3) is 5.57 Å². The lowest BCUT2D eigenvalue weighted by Gasteiger charge is -2.29. The Kier molecular flexibility index (Phi) is 3.47. The topological polar surface area (TPSA) is 15.3 Å². The van der Waals surface area contributed by atoms with Crippen molar-refractivity contribution in [1.29, 1.82) is 0 Å². The normalized spacial score (nSPS) is 19.8. The van der Waals surface area contributed by atoms with Crippen LogP contribution < -0.4 is 10.2 Å². The summed E-state index contributed by atoms with van der Waals surface area (Å²) in [5.74, 6) is 0. The first-order chi connectivity index (χ1) is 8.93. The number of nitrogens with one attached hydrogen (secondary N) is 1. The van der Waals surface area contributed by atoms with Crippen molar-refractivity contribution < 1.29 is 0 Å². The van der Waals surface area contributed by atoms with Gasteiger partial charge in [0.15, 0.2) is 0 Å². The summed E-state index contributed by atoms with van der Waals surface area (Å²) in [5.41, 5.74) is 4.19. The van der Waals surface area contributed by atoms with Crippen LogP contribution in [0.4, 0.5) is 5.69 Å². The second kappa shape index (κ2) is 5.40. The molecule has 3 rings (SSSR count). The molecule has 0 bridgehead atoms. The lowest BCUT2D eigenvalue weighted by molar-refractivity contribution is 0.589. The number of hydrogen-bond acceptors (Lipinski definition) is 2. The fourth-order valence-electron chi connectivity index (χ4n) is 2.65. The van der Waals surface area contributed by atoms with Crippen LogP contribution in [-0.2, 0) is 0 Å². The largest absolute Gasteiger partial charge is 0.369 e. The lowest BCUT2D eigenvalue weighted by Crippen LogP contribution is -2.43. The molecule has 18 heavy (non-hydrogen) atoms. The van der Waals surface area contributed by atoms with Gasteiger partial charge in [-0.05, 0) is 36.1 Å². The average Bonchev–Trinajstić information content (AvgIpc) is 2.49. The third kappa shape index (κ3) is 2.49. The van der Waals surface area contributed by atoms with Crippen LogP contribution in [0.5, 0.6) is 0 Å². The Balaban J connectivity index is 1.76. The monoisotopic (exact) mass is 240 g/mol. The van der Waals surface area contributed by atoms with Gasteiger partial charge in [0.1, 0.15) is 0 Å². The molecule has 2 nitrogen and oxygen atoms in total. The van der Waals surface area contributed by atoms with E-state index in [-0.39, 0.29) is 0 Å². The van der Waals surface area contributed by atoms with E-state index in [1.165, 1.54) is 29.7 Å². The lowest BCUT2D eigenvalue weighted by atomic mass is 9.97. The first-order valence-electron chi connectivity index (χ1n) is 6.85. The number of allylic oxidation sites excluding steroid dienone is 4. The van der Waals surface area contributed by atoms with Crippen molar-refractivity contribution in [3.05, 3.63) is 48.1 Å². The molecule has 94 valence electrons. The van der Waals surface area contributed by atoms with Crippen molar-refractivity contribution in [2.24, 2.45) is 0 Å². The van der Waals surface area contributed by atoms with E-state index in [0.29, 0.717) is 0 Å². The van der Waals surface area contributed by atoms with Gasteiger partial charge in [0.2, 0.25) is 0 Å². The van der Waals surface area contributed by atoms with E-state index in [9.17, 15) is 0 Å². The molecular formula is C16H20N2. The maximum atomic E-state index is 3.39. The third-order valence-electron chi connectivity index (χ3n) is 3.73. The summed E-state index contributed by atoms with van der Waals surface area (Å²) in [7, 11) is 0. The van der Waals surface area contributed by atoms with Gasteiger partial charge in [-0.15, -0.1) is 0 Å². The summed E-state index contributed by atoms with van der Waals surface area (Å²) in [4.78, 5) is 2.45. The predicted octanol–water partition coefficient (Wildman–Crippen LogP) is 2.83. The molecule has 1 fully saturated rings. The first-order valence-corrected chi connectivity index (χ1v) is 6.85. The highest BCUT2D eigenvalue weighted by Gasteiger charge is 2.10. The Labute approximate surface area is 109 Å². The summed E-state index contributed by atoms with van der Waals surface area (Å²) in [6.45, 7) is 4.42. The average molecular weight is 240 g/mol. The van der Waals surface area contributed by atoms with Gasteiger partial charge in [0, 0.05) is 31.9 Å². The maximum Gasteiger partial charge on any atom is 0.0367 e. The summed E-state index contributed by atoms with van der Waals surface area (Å²) < 4.78 is 0.